The van der Waals surface area contributed by atoms with Gasteiger partial charge in [0.05, 0.1) is 5.52 Å². The number of hydrogen-bond donors (Lipinski definition) is 1. The normalized spacial score (nSPS) is 14.2. The van der Waals surface area contributed by atoms with Crippen molar-refractivity contribution in [2.24, 2.45) is 0 Å². The third-order valence-corrected chi connectivity index (χ3v) is 7.42. The lowest BCUT2D eigenvalue weighted by molar-refractivity contribution is 0.660. The summed E-state index contributed by atoms with van der Waals surface area (Å²) < 4.78 is 0. The van der Waals surface area contributed by atoms with Crippen LogP contribution in [0.2, 0.25) is 0 Å². The minimum atomic E-state index is 0.00643. The second-order valence-corrected chi connectivity index (χ2v) is 9.49. The number of fused-ring (bicyclic) bond motifs is 8. The van der Waals surface area contributed by atoms with Crippen molar-refractivity contribution in [3.8, 4) is 22.3 Å². The van der Waals surface area contributed by atoms with Gasteiger partial charge < -0.3 is 4.98 Å². The lowest BCUT2D eigenvalue weighted by atomic mass is 9.81. The second kappa shape index (κ2) is 6.11. The van der Waals surface area contributed by atoms with Crippen molar-refractivity contribution in [2.75, 3.05) is 0 Å². The van der Waals surface area contributed by atoms with E-state index in [0.717, 1.165) is 0 Å². The predicted octanol–water partition coefficient (Wildman–Crippen LogP) is 8.45. The van der Waals surface area contributed by atoms with Crippen LogP contribution in [0.5, 0.6) is 0 Å². The van der Waals surface area contributed by atoms with Crippen molar-refractivity contribution >= 4 is 32.6 Å². The van der Waals surface area contributed by atoms with Gasteiger partial charge in [-0.25, -0.2) is 0 Å². The van der Waals surface area contributed by atoms with Crippen LogP contribution >= 0.6 is 0 Å². The number of H-pyrrole nitrogens is 1. The van der Waals surface area contributed by atoms with Crippen LogP contribution in [-0.4, -0.2) is 4.98 Å². The molecule has 152 valence electrons. The maximum Gasteiger partial charge on any atom is 0.0544 e. The molecule has 1 heteroatoms. The van der Waals surface area contributed by atoms with Gasteiger partial charge in [-0.1, -0.05) is 98.8 Å². The first-order valence-electron chi connectivity index (χ1n) is 11.3. The fourth-order valence-corrected chi connectivity index (χ4v) is 5.81. The number of hydrogen-bond acceptors (Lipinski definition) is 0. The molecular weight excluding hydrogens is 386 g/mol. The average molecular weight is 410 g/mol. The van der Waals surface area contributed by atoms with Crippen molar-refractivity contribution in [1.82, 2.24) is 4.98 Å². The summed E-state index contributed by atoms with van der Waals surface area (Å²) >= 11 is 0. The quantitative estimate of drug-likeness (QED) is 0.280. The first-order chi connectivity index (χ1) is 15.6. The molecule has 0 amide bonds. The summed E-state index contributed by atoms with van der Waals surface area (Å²) in [4.78, 5) is 3.74. The summed E-state index contributed by atoms with van der Waals surface area (Å²) in [5.41, 5.74) is 10.5. The Morgan fingerprint density at radius 3 is 2.28 bits per heavy atom. The Labute approximate surface area is 187 Å². The van der Waals surface area contributed by atoms with E-state index >= 15 is 0 Å². The topological polar surface area (TPSA) is 15.8 Å². The highest BCUT2D eigenvalue weighted by Gasteiger charge is 2.35. The van der Waals surface area contributed by atoms with Crippen LogP contribution in [0.15, 0.2) is 97.1 Å². The van der Waals surface area contributed by atoms with Gasteiger partial charge >= 0.3 is 0 Å². The first-order valence-corrected chi connectivity index (χ1v) is 11.3. The average Bonchev–Trinajstić information content (AvgIpc) is 3.32. The molecule has 0 saturated carbocycles. The minimum absolute atomic E-state index is 0.00643. The Morgan fingerprint density at radius 1 is 0.594 bits per heavy atom. The highest BCUT2D eigenvalue weighted by Crippen LogP contribution is 2.50. The van der Waals surface area contributed by atoms with E-state index in [1.807, 2.05) is 0 Å². The fourth-order valence-electron chi connectivity index (χ4n) is 5.81. The van der Waals surface area contributed by atoms with Crippen LogP contribution in [0, 0.1) is 0 Å². The van der Waals surface area contributed by atoms with Gasteiger partial charge in [0.2, 0.25) is 0 Å². The highest BCUT2D eigenvalue weighted by molar-refractivity contribution is 6.22. The molecule has 7 rings (SSSR count). The number of para-hydroxylation sites is 1. The van der Waals surface area contributed by atoms with E-state index < -0.39 is 0 Å². The molecule has 1 heterocycles. The molecule has 1 aliphatic carbocycles. The first kappa shape index (κ1) is 17.8. The fraction of sp³-hybridized carbons (Fsp3) is 0.0968. The second-order valence-electron chi connectivity index (χ2n) is 9.49. The van der Waals surface area contributed by atoms with Crippen LogP contribution < -0.4 is 0 Å². The Balaban J connectivity index is 1.50. The molecular formula is C31H23N. The molecule has 1 aromatic heterocycles. The van der Waals surface area contributed by atoms with Gasteiger partial charge in [0.25, 0.3) is 0 Å². The zero-order valence-electron chi connectivity index (χ0n) is 18.2. The third-order valence-electron chi connectivity index (χ3n) is 7.42. The van der Waals surface area contributed by atoms with Crippen molar-refractivity contribution in [2.45, 2.75) is 19.3 Å². The largest absolute Gasteiger partial charge is 0.354 e. The number of aromatic nitrogens is 1. The minimum Gasteiger partial charge on any atom is -0.354 e. The number of nitrogens with one attached hydrogen (secondary N) is 1. The van der Waals surface area contributed by atoms with E-state index in [1.165, 1.54) is 66.0 Å². The van der Waals surface area contributed by atoms with Crippen molar-refractivity contribution < 1.29 is 0 Å². The smallest absolute Gasteiger partial charge is 0.0544 e. The van der Waals surface area contributed by atoms with E-state index in [4.69, 9.17) is 0 Å². The molecule has 0 atom stereocenters. The SMILES string of the molecule is CC1(C)c2ccccc2-c2ccc(-c3cccc4c3[nH]c3ccc5ccccc5c34)cc21. The maximum absolute atomic E-state index is 3.74. The van der Waals surface area contributed by atoms with Crippen molar-refractivity contribution in [1.29, 1.82) is 0 Å². The number of aromatic amines is 1. The van der Waals surface area contributed by atoms with Crippen LogP contribution in [0.1, 0.15) is 25.0 Å². The molecule has 1 aliphatic rings. The van der Waals surface area contributed by atoms with Gasteiger partial charge in [0, 0.05) is 27.3 Å². The molecule has 6 aromatic rings. The van der Waals surface area contributed by atoms with E-state index in [2.05, 4.69) is 116 Å². The highest BCUT2D eigenvalue weighted by atomic mass is 14.7. The molecule has 0 spiro atoms. The van der Waals surface area contributed by atoms with E-state index in [0.29, 0.717) is 0 Å². The van der Waals surface area contributed by atoms with Gasteiger partial charge in [-0.05, 0) is 50.7 Å². The summed E-state index contributed by atoms with van der Waals surface area (Å²) in [5, 5.41) is 5.19. The lowest BCUT2D eigenvalue weighted by Crippen LogP contribution is -2.14. The molecule has 0 saturated heterocycles. The molecule has 5 aromatic carbocycles. The summed E-state index contributed by atoms with van der Waals surface area (Å²) in [6.45, 7) is 4.69. The molecule has 1 nitrogen and oxygen atoms in total. The Morgan fingerprint density at radius 2 is 1.34 bits per heavy atom. The Hall–Kier alpha value is -3.84. The molecule has 0 fully saturated rings. The molecule has 1 N–H and O–H groups in total. The summed E-state index contributed by atoms with van der Waals surface area (Å²) in [6, 6.07) is 35.6. The van der Waals surface area contributed by atoms with Gasteiger partial charge in [-0.2, -0.15) is 0 Å². The van der Waals surface area contributed by atoms with Gasteiger partial charge in [-0.15, -0.1) is 0 Å². The summed E-state index contributed by atoms with van der Waals surface area (Å²) in [7, 11) is 0. The zero-order chi connectivity index (χ0) is 21.4. The number of rotatable bonds is 1. The monoisotopic (exact) mass is 409 g/mol. The molecule has 32 heavy (non-hydrogen) atoms. The van der Waals surface area contributed by atoms with Crippen LogP contribution in [0.3, 0.4) is 0 Å². The van der Waals surface area contributed by atoms with Gasteiger partial charge in [0.1, 0.15) is 0 Å². The Bertz CT molecular complexity index is 1700. The maximum atomic E-state index is 3.74. The van der Waals surface area contributed by atoms with Crippen LogP contribution in [-0.2, 0) is 5.41 Å². The zero-order valence-corrected chi connectivity index (χ0v) is 18.2. The standard InChI is InChI=1S/C31H23N/c1-31(2)26-13-6-5-10-23(26)24-16-14-20(18-27(24)31)22-11-7-12-25-29-21-9-4-3-8-19(21)15-17-28(29)32-30(22)25/h3-18,32H,1-2H3. The van der Waals surface area contributed by atoms with Gasteiger partial charge in [0.15, 0.2) is 0 Å². The third kappa shape index (κ3) is 2.23. The predicted molar refractivity (Wildman–Crippen MR) is 136 cm³/mol. The van der Waals surface area contributed by atoms with E-state index in [-0.39, 0.29) is 5.41 Å². The molecule has 0 aliphatic heterocycles. The van der Waals surface area contributed by atoms with E-state index in [9.17, 15) is 0 Å². The van der Waals surface area contributed by atoms with E-state index in [1.54, 1.807) is 0 Å². The Kier molecular flexibility index (Phi) is 3.40. The summed E-state index contributed by atoms with van der Waals surface area (Å²) in [6.07, 6.45) is 0. The van der Waals surface area contributed by atoms with Crippen molar-refractivity contribution in [3.05, 3.63) is 108 Å². The lowest BCUT2D eigenvalue weighted by Gasteiger charge is -2.22. The summed E-state index contributed by atoms with van der Waals surface area (Å²) in [5.74, 6) is 0. The molecule has 0 radical (unpaired) electrons. The van der Waals surface area contributed by atoms with Crippen LogP contribution in [0.4, 0.5) is 0 Å². The van der Waals surface area contributed by atoms with Crippen molar-refractivity contribution in [3.63, 3.8) is 0 Å². The number of benzene rings is 5. The van der Waals surface area contributed by atoms with Gasteiger partial charge in [-0.3, -0.25) is 0 Å². The molecule has 0 unspecified atom stereocenters. The van der Waals surface area contributed by atoms with Crippen LogP contribution in [0.25, 0.3) is 54.8 Å². The molecule has 0 bridgehead atoms.